The summed E-state index contributed by atoms with van der Waals surface area (Å²) < 4.78 is 5.55. The molecule has 8 heteroatoms. The number of ether oxygens (including phenoxy) is 1. The summed E-state index contributed by atoms with van der Waals surface area (Å²) in [5, 5.41) is 8.78. The summed E-state index contributed by atoms with van der Waals surface area (Å²) in [5.74, 6) is 1.03. The van der Waals surface area contributed by atoms with Crippen LogP contribution < -0.4 is 30.5 Å². The molecule has 0 radical (unpaired) electrons. The smallest absolute Gasteiger partial charge is 0.323 e. The van der Waals surface area contributed by atoms with Crippen LogP contribution in [-0.4, -0.2) is 51.8 Å². The fourth-order valence-corrected chi connectivity index (χ4v) is 4.66. The van der Waals surface area contributed by atoms with E-state index in [4.69, 9.17) is 4.74 Å². The average molecular weight is 530 g/mol. The second-order valence-electron chi connectivity index (χ2n) is 10.1. The Morgan fingerprint density at radius 3 is 2.10 bits per heavy atom. The largest absolute Gasteiger partial charge is 0.495 e. The lowest BCUT2D eigenvalue weighted by Gasteiger charge is -2.38. The topological polar surface area (TPSA) is 85.9 Å². The van der Waals surface area contributed by atoms with Gasteiger partial charge in [-0.1, -0.05) is 45.0 Å². The second-order valence-corrected chi connectivity index (χ2v) is 10.1. The Bertz CT molecular complexity index is 1270. The minimum absolute atomic E-state index is 0.148. The summed E-state index contributed by atoms with van der Waals surface area (Å²) in [7, 11) is 1.69. The van der Waals surface area contributed by atoms with E-state index >= 15 is 0 Å². The number of para-hydroxylation sites is 2. The molecular formula is C31H39N5O3. The molecule has 4 rings (SSSR count). The molecule has 39 heavy (non-hydrogen) atoms. The molecule has 1 heterocycles. The number of rotatable bonds is 9. The lowest BCUT2D eigenvalue weighted by atomic mass is 10.1. The van der Waals surface area contributed by atoms with Gasteiger partial charge in [0, 0.05) is 49.8 Å². The molecule has 1 saturated heterocycles. The number of nitrogens with one attached hydrogen (secondary N) is 3. The highest BCUT2D eigenvalue weighted by Crippen LogP contribution is 2.31. The fourth-order valence-electron chi connectivity index (χ4n) is 4.66. The quantitative estimate of drug-likeness (QED) is 0.335. The zero-order valence-corrected chi connectivity index (χ0v) is 23.3. The number of methoxy groups -OCH3 is 1. The summed E-state index contributed by atoms with van der Waals surface area (Å²) in [6.45, 7) is 9.90. The van der Waals surface area contributed by atoms with Crippen LogP contribution in [0.15, 0.2) is 66.7 Å². The predicted octanol–water partition coefficient (Wildman–Crippen LogP) is 5.61. The Labute approximate surface area is 231 Å². The fraction of sp³-hybridized carbons (Fsp3) is 0.355. The van der Waals surface area contributed by atoms with Crippen molar-refractivity contribution >= 4 is 34.7 Å². The molecule has 1 aliphatic heterocycles. The van der Waals surface area contributed by atoms with E-state index in [1.165, 1.54) is 5.56 Å². The van der Waals surface area contributed by atoms with Gasteiger partial charge in [-0.3, -0.25) is 4.79 Å². The van der Waals surface area contributed by atoms with Crippen LogP contribution >= 0.6 is 0 Å². The predicted molar refractivity (Wildman–Crippen MR) is 159 cm³/mol. The standard InChI is InChI=1S/C31H39N5O3/c1-5-23-10-12-24(13-11-23)33-31(38)34-25-14-15-27(26(20-25)30(37)32-21-22(2)3)35-16-18-36(19-17-35)28-8-6-7-9-29(28)39-4/h6-15,20,22H,5,16-19,21H2,1-4H3,(H,32,37)(H2,33,34,38). The van der Waals surface area contributed by atoms with Crippen LogP contribution in [0.1, 0.15) is 36.7 Å². The van der Waals surface area contributed by atoms with E-state index in [2.05, 4.69) is 52.6 Å². The van der Waals surface area contributed by atoms with Gasteiger partial charge in [-0.2, -0.15) is 0 Å². The highest BCUT2D eigenvalue weighted by molar-refractivity contribution is 6.04. The first-order valence-electron chi connectivity index (χ1n) is 13.6. The van der Waals surface area contributed by atoms with Gasteiger partial charge < -0.3 is 30.5 Å². The van der Waals surface area contributed by atoms with Gasteiger partial charge in [-0.25, -0.2) is 4.79 Å². The van der Waals surface area contributed by atoms with Gasteiger partial charge in [0.15, 0.2) is 0 Å². The Kier molecular flexibility index (Phi) is 9.31. The maximum absolute atomic E-state index is 13.3. The average Bonchev–Trinajstić information content (AvgIpc) is 2.96. The number of carbonyl (C=O) groups is 2. The molecule has 1 aliphatic rings. The number of aryl methyl sites for hydroxylation is 1. The molecule has 0 aliphatic carbocycles. The SMILES string of the molecule is CCc1ccc(NC(=O)Nc2ccc(N3CCN(c4ccccc4OC)CC3)c(C(=O)NCC(C)C)c2)cc1. The van der Waals surface area contributed by atoms with Gasteiger partial charge in [-0.15, -0.1) is 0 Å². The summed E-state index contributed by atoms with van der Waals surface area (Å²) in [6, 6.07) is 21.0. The molecule has 3 aromatic carbocycles. The number of nitrogens with zero attached hydrogens (tertiary/aromatic N) is 2. The second kappa shape index (κ2) is 13.0. The monoisotopic (exact) mass is 529 g/mol. The van der Waals surface area contributed by atoms with Crippen molar-refractivity contribution in [3.05, 3.63) is 77.9 Å². The normalized spacial score (nSPS) is 13.3. The van der Waals surface area contributed by atoms with Crippen LogP contribution in [0.4, 0.5) is 27.5 Å². The van der Waals surface area contributed by atoms with Crippen LogP contribution in [-0.2, 0) is 6.42 Å². The molecule has 0 aromatic heterocycles. The maximum atomic E-state index is 13.3. The molecule has 3 N–H and O–H groups in total. The molecule has 0 spiro atoms. The summed E-state index contributed by atoms with van der Waals surface area (Å²) >= 11 is 0. The maximum Gasteiger partial charge on any atom is 0.323 e. The van der Waals surface area contributed by atoms with Crippen molar-refractivity contribution in [2.45, 2.75) is 27.2 Å². The van der Waals surface area contributed by atoms with Gasteiger partial charge in [0.05, 0.1) is 18.4 Å². The van der Waals surface area contributed by atoms with Gasteiger partial charge in [-0.05, 0) is 60.4 Å². The molecule has 0 unspecified atom stereocenters. The van der Waals surface area contributed by atoms with Crippen molar-refractivity contribution in [2.75, 3.05) is 60.3 Å². The number of hydrogen-bond donors (Lipinski definition) is 3. The Balaban J connectivity index is 1.49. The van der Waals surface area contributed by atoms with Gasteiger partial charge in [0.25, 0.3) is 5.91 Å². The van der Waals surface area contributed by atoms with Gasteiger partial charge in [0.2, 0.25) is 0 Å². The minimum atomic E-state index is -0.356. The summed E-state index contributed by atoms with van der Waals surface area (Å²) in [6.07, 6.45) is 0.940. The molecule has 1 fully saturated rings. The van der Waals surface area contributed by atoms with Crippen molar-refractivity contribution in [1.29, 1.82) is 0 Å². The zero-order chi connectivity index (χ0) is 27.8. The molecule has 8 nitrogen and oxygen atoms in total. The first-order valence-corrected chi connectivity index (χ1v) is 13.6. The molecule has 206 valence electrons. The number of urea groups is 1. The highest BCUT2D eigenvalue weighted by Gasteiger charge is 2.24. The van der Waals surface area contributed by atoms with E-state index in [9.17, 15) is 9.59 Å². The van der Waals surface area contributed by atoms with Crippen molar-refractivity contribution in [1.82, 2.24) is 5.32 Å². The van der Waals surface area contributed by atoms with E-state index in [0.29, 0.717) is 29.4 Å². The lowest BCUT2D eigenvalue weighted by Crippen LogP contribution is -2.47. The third kappa shape index (κ3) is 7.22. The highest BCUT2D eigenvalue weighted by atomic mass is 16.5. The Hall–Kier alpha value is -4.20. The number of hydrogen-bond acceptors (Lipinski definition) is 5. The van der Waals surface area contributed by atoms with Crippen molar-refractivity contribution < 1.29 is 14.3 Å². The van der Waals surface area contributed by atoms with Crippen LogP contribution in [0.2, 0.25) is 0 Å². The molecule has 0 saturated carbocycles. The number of benzene rings is 3. The Morgan fingerprint density at radius 1 is 0.846 bits per heavy atom. The van der Waals surface area contributed by atoms with Gasteiger partial charge in [0.1, 0.15) is 5.75 Å². The van der Waals surface area contributed by atoms with E-state index in [0.717, 1.165) is 49.7 Å². The third-order valence-corrected chi connectivity index (χ3v) is 6.84. The minimum Gasteiger partial charge on any atom is -0.495 e. The van der Waals surface area contributed by atoms with E-state index < -0.39 is 0 Å². The number of piperazine rings is 1. The zero-order valence-electron chi connectivity index (χ0n) is 23.3. The first kappa shape index (κ1) is 27.8. The van der Waals surface area contributed by atoms with E-state index in [1.807, 2.05) is 54.6 Å². The van der Waals surface area contributed by atoms with Crippen LogP contribution in [0.5, 0.6) is 5.75 Å². The molecule has 0 atom stereocenters. The lowest BCUT2D eigenvalue weighted by molar-refractivity contribution is 0.0949. The molecule has 3 amide bonds. The number of amides is 3. The van der Waals surface area contributed by atoms with E-state index in [1.54, 1.807) is 13.2 Å². The Morgan fingerprint density at radius 2 is 1.46 bits per heavy atom. The third-order valence-electron chi connectivity index (χ3n) is 6.84. The molecular weight excluding hydrogens is 490 g/mol. The first-order chi connectivity index (χ1) is 18.9. The van der Waals surface area contributed by atoms with Crippen molar-refractivity contribution in [2.24, 2.45) is 5.92 Å². The van der Waals surface area contributed by atoms with Crippen molar-refractivity contribution in [3.8, 4) is 5.75 Å². The summed E-state index contributed by atoms with van der Waals surface area (Å²) in [5.41, 5.74) is 4.96. The van der Waals surface area contributed by atoms with Crippen LogP contribution in [0.3, 0.4) is 0 Å². The summed E-state index contributed by atoms with van der Waals surface area (Å²) in [4.78, 5) is 30.5. The van der Waals surface area contributed by atoms with Crippen LogP contribution in [0, 0.1) is 5.92 Å². The number of carbonyl (C=O) groups excluding carboxylic acids is 2. The van der Waals surface area contributed by atoms with E-state index in [-0.39, 0.29) is 11.9 Å². The van der Waals surface area contributed by atoms with Gasteiger partial charge >= 0.3 is 6.03 Å². The number of anilines is 4. The van der Waals surface area contributed by atoms with Crippen molar-refractivity contribution in [3.63, 3.8) is 0 Å². The molecule has 3 aromatic rings. The van der Waals surface area contributed by atoms with Crippen LogP contribution in [0.25, 0.3) is 0 Å². The molecule has 0 bridgehead atoms.